The average molecular weight is 511 g/mol. The third kappa shape index (κ3) is 5.52. The van der Waals surface area contributed by atoms with Crippen molar-refractivity contribution in [1.82, 2.24) is 20.4 Å². The number of thiazole rings is 1. The van der Waals surface area contributed by atoms with E-state index in [0.717, 1.165) is 27.4 Å². The first kappa shape index (κ1) is 26.0. The van der Waals surface area contributed by atoms with Crippen LogP contribution in [0.15, 0.2) is 40.4 Å². The zero-order valence-corrected chi connectivity index (χ0v) is 22.2. The number of aliphatic hydroxyl groups is 1. The lowest BCUT2D eigenvalue weighted by Gasteiger charge is -2.28. The monoisotopic (exact) mass is 510 g/mol. The fraction of sp³-hybridized carbons (Fsp3) is 0.481. The van der Waals surface area contributed by atoms with Gasteiger partial charge in [-0.3, -0.25) is 9.59 Å². The maximum atomic E-state index is 13.6. The molecule has 3 atom stereocenters. The smallest absolute Gasteiger partial charge is 0.243 e. The summed E-state index contributed by atoms with van der Waals surface area (Å²) in [5, 5.41) is 17.4. The van der Waals surface area contributed by atoms with E-state index in [-0.39, 0.29) is 36.6 Å². The molecule has 8 nitrogen and oxygen atoms in total. The third-order valence-electron chi connectivity index (χ3n) is 6.67. The number of benzene rings is 1. The Morgan fingerprint density at radius 1 is 1.22 bits per heavy atom. The van der Waals surface area contributed by atoms with Gasteiger partial charge in [-0.25, -0.2) is 4.98 Å². The minimum Gasteiger partial charge on any atom is -0.391 e. The van der Waals surface area contributed by atoms with Crippen molar-refractivity contribution in [1.29, 1.82) is 0 Å². The summed E-state index contributed by atoms with van der Waals surface area (Å²) in [5.41, 5.74) is 5.66. The summed E-state index contributed by atoms with van der Waals surface area (Å²) < 4.78 is 5.54. The molecule has 0 radical (unpaired) electrons. The van der Waals surface area contributed by atoms with Gasteiger partial charge in [0.2, 0.25) is 11.8 Å². The molecule has 2 aromatic heterocycles. The SMILES string of the molecule is Cc1ncsc1-c1ccc(CNC(=O)[C@@H]2C[C@@H](O)CN2C(=O)[C@H](c2cc(C(C)C)no2)C(C)C)cc1. The lowest BCUT2D eigenvalue weighted by molar-refractivity contribution is -0.141. The molecule has 0 bridgehead atoms. The summed E-state index contributed by atoms with van der Waals surface area (Å²) in [4.78, 5) is 33.7. The number of amides is 2. The molecule has 0 spiro atoms. The molecule has 4 rings (SSSR count). The van der Waals surface area contributed by atoms with E-state index < -0.39 is 18.1 Å². The van der Waals surface area contributed by atoms with Crippen LogP contribution in [-0.2, 0) is 16.1 Å². The Morgan fingerprint density at radius 2 is 1.94 bits per heavy atom. The lowest BCUT2D eigenvalue weighted by Crippen LogP contribution is -2.48. The normalized spacial score (nSPS) is 18.7. The molecule has 1 saturated heterocycles. The van der Waals surface area contributed by atoms with Crippen molar-refractivity contribution in [3.8, 4) is 10.4 Å². The Balaban J connectivity index is 1.44. The first-order valence-electron chi connectivity index (χ1n) is 12.4. The Hall–Kier alpha value is -3.04. The molecule has 9 heteroatoms. The van der Waals surface area contributed by atoms with E-state index in [9.17, 15) is 14.7 Å². The van der Waals surface area contributed by atoms with Gasteiger partial charge in [-0.05, 0) is 29.9 Å². The molecule has 2 N–H and O–H groups in total. The second kappa shape index (κ2) is 10.9. The number of aromatic nitrogens is 2. The van der Waals surface area contributed by atoms with Crippen LogP contribution in [0.4, 0.5) is 0 Å². The molecule has 0 aliphatic carbocycles. The van der Waals surface area contributed by atoms with Crippen LogP contribution >= 0.6 is 11.3 Å². The topological polar surface area (TPSA) is 109 Å². The van der Waals surface area contributed by atoms with E-state index in [1.807, 2.05) is 70.5 Å². The second-order valence-electron chi connectivity index (χ2n) is 10.1. The summed E-state index contributed by atoms with van der Waals surface area (Å²) >= 11 is 1.60. The Bertz CT molecular complexity index is 1200. The van der Waals surface area contributed by atoms with Crippen LogP contribution in [0.25, 0.3) is 10.4 Å². The van der Waals surface area contributed by atoms with Crippen molar-refractivity contribution in [2.24, 2.45) is 5.92 Å². The van der Waals surface area contributed by atoms with Crippen LogP contribution < -0.4 is 5.32 Å². The fourth-order valence-corrected chi connectivity index (χ4v) is 5.41. The average Bonchev–Trinajstić information content (AvgIpc) is 3.58. The van der Waals surface area contributed by atoms with Crippen molar-refractivity contribution in [2.45, 2.75) is 71.6 Å². The van der Waals surface area contributed by atoms with Crippen LogP contribution in [0.3, 0.4) is 0 Å². The van der Waals surface area contributed by atoms with Gasteiger partial charge in [0.05, 0.1) is 27.9 Å². The van der Waals surface area contributed by atoms with Gasteiger partial charge in [0.15, 0.2) is 0 Å². The Kier molecular flexibility index (Phi) is 7.90. The maximum Gasteiger partial charge on any atom is 0.243 e. The van der Waals surface area contributed by atoms with Crippen LogP contribution in [-0.4, -0.2) is 50.7 Å². The highest BCUT2D eigenvalue weighted by atomic mass is 32.1. The fourth-order valence-electron chi connectivity index (χ4n) is 4.60. The number of likely N-dealkylation sites (tertiary alicyclic amines) is 1. The molecule has 0 unspecified atom stereocenters. The van der Waals surface area contributed by atoms with E-state index >= 15 is 0 Å². The van der Waals surface area contributed by atoms with Crippen molar-refractivity contribution >= 4 is 23.2 Å². The molecule has 1 aliphatic rings. The highest BCUT2D eigenvalue weighted by molar-refractivity contribution is 7.13. The van der Waals surface area contributed by atoms with Gasteiger partial charge in [-0.2, -0.15) is 0 Å². The number of nitrogens with zero attached hydrogens (tertiary/aromatic N) is 3. The van der Waals surface area contributed by atoms with Crippen molar-refractivity contribution < 1.29 is 19.2 Å². The van der Waals surface area contributed by atoms with E-state index in [4.69, 9.17) is 4.52 Å². The highest BCUT2D eigenvalue weighted by Crippen LogP contribution is 2.32. The number of rotatable bonds is 8. The molecule has 1 aliphatic heterocycles. The van der Waals surface area contributed by atoms with E-state index in [1.54, 1.807) is 11.3 Å². The molecular weight excluding hydrogens is 476 g/mol. The summed E-state index contributed by atoms with van der Waals surface area (Å²) in [7, 11) is 0. The molecule has 1 aromatic carbocycles. The molecule has 192 valence electrons. The number of nitrogens with one attached hydrogen (secondary N) is 1. The van der Waals surface area contributed by atoms with E-state index in [2.05, 4.69) is 15.5 Å². The number of aryl methyl sites for hydroxylation is 1. The quantitative estimate of drug-likeness (QED) is 0.469. The minimum absolute atomic E-state index is 0.0624. The lowest BCUT2D eigenvalue weighted by atomic mass is 9.90. The predicted octanol–water partition coefficient (Wildman–Crippen LogP) is 4.25. The number of hydrogen-bond acceptors (Lipinski definition) is 7. The second-order valence-corrected chi connectivity index (χ2v) is 11.0. The molecule has 36 heavy (non-hydrogen) atoms. The first-order chi connectivity index (χ1) is 17.2. The zero-order chi connectivity index (χ0) is 26.0. The molecular formula is C27H34N4O4S. The van der Waals surface area contributed by atoms with Crippen molar-refractivity contribution in [2.75, 3.05) is 6.54 Å². The number of hydrogen-bond donors (Lipinski definition) is 2. The van der Waals surface area contributed by atoms with Gasteiger partial charge >= 0.3 is 0 Å². The molecule has 2 amide bonds. The molecule has 3 heterocycles. The van der Waals surface area contributed by atoms with Crippen molar-refractivity contribution in [3.05, 3.63) is 58.6 Å². The van der Waals surface area contributed by atoms with Crippen molar-refractivity contribution in [3.63, 3.8) is 0 Å². The summed E-state index contributed by atoms with van der Waals surface area (Å²) in [6, 6.07) is 9.09. The van der Waals surface area contributed by atoms with Crippen LogP contribution in [0.1, 0.15) is 68.7 Å². The molecule has 0 saturated carbocycles. The Labute approximate surface area is 215 Å². The summed E-state index contributed by atoms with van der Waals surface area (Å²) in [6.45, 7) is 10.4. The van der Waals surface area contributed by atoms with Crippen LogP contribution in [0, 0.1) is 12.8 Å². The standard InChI is InChI=1S/C27H34N4O4S/c1-15(2)21-11-23(35-30-21)24(16(3)4)27(34)31-13-20(32)10-22(31)26(33)28-12-18-6-8-19(9-7-18)25-17(5)29-14-36-25/h6-9,11,14-16,20,22,24,32H,10,12-13H2,1-5H3,(H,28,33)/t20-,22+,24+/m1/s1. The largest absolute Gasteiger partial charge is 0.391 e. The summed E-state index contributed by atoms with van der Waals surface area (Å²) in [5.74, 6) is -0.461. The number of aliphatic hydroxyl groups excluding tert-OH is 1. The van der Waals surface area contributed by atoms with Gasteiger partial charge in [-0.15, -0.1) is 11.3 Å². The predicted molar refractivity (Wildman–Crippen MR) is 138 cm³/mol. The number of β-amino-alcohol motifs (C(OH)–C–C–N with tert-alkyl or cyclic N) is 1. The van der Waals surface area contributed by atoms with Gasteiger partial charge in [0.1, 0.15) is 17.7 Å². The van der Waals surface area contributed by atoms with Gasteiger partial charge in [-0.1, -0.05) is 57.1 Å². The Morgan fingerprint density at radius 3 is 2.53 bits per heavy atom. The number of carbonyl (C=O) groups excluding carboxylic acids is 2. The number of carbonyl (C=O) groups is 2. The third-order valence-corrected chi connectivity index (χ3v) is 7.65. The van der Waals surface area contributed by atoms with Gasteiger partial charge in [0, 0.05) is 25.6 Å². The molecule has 1 fully saturated rings. The maximum absolute atomic E-state index is 13.6. The van der Waals surface area contributed by atoms with E-state index in [1.165, 1.54) is 4.90 Å². The zero-order valence-electron chi connectivity index (χ0n) is 21.4. The molecule has 3 aromatic rings. The minimum atomic E-state index is -0.750. The van der Waals surface area contributed by atoms with Gasteiger partial charge < -0.3 is 19.8 Å². The first-order valence-corrected chi connectivity index (χ1v) is 13.3. The highest BCUT2D eigenvalue weighted by Gasteiger charge is 2.43. The van der Waals surface area contributed by atoms with Crippen LogP contribution in [0.5, 0.6) is 0 Å². The van der Waals surface area contributed by atoms with Crippen LogP contribution in [0.2, 0.25) is 0 Å². The van der Waals surface area contributed by atoms with Gasteiger partial charge in [0.25, 0.3) is 0 Å². The summed E-state index contributed by atoms with van der Waals surface area (Å²) in [6.07, 6.45) is -0.542. The van der Waals surface area contributed by atoms with E-state index in [0.29, 0.717) is 12.3 Å².